The fourth-order valence-corrected chi connectivity index (χ4v) is 1.84. The van der Waals surface area contributed by atoms with Gasteiger partial charge in [-0.25, -0.2) is 4.79 Å². The van der Waals surface area contributed by atoms with Crippen LogP contribution < -0.4 is 5.32 Å². The fourth-order valence-electron chi connectivity index (χ4n) is 1.84. The summed E-state index contributed by atoms with van der Waals surface area (Å²) in [4.78, 5) is 11.2. The predicted molar refractivity (Wildman–Crippen MR) is 71.8 cm³/mol. The van der Waals surface area contributed by atoms with Crippen molar-refractivity contribution >= 4 is 5.97 Å². The minimum atomic E-state index is -0.454. The second kappa shape index (κ2) is 6.20. The average Bonchev–Trinajstić information content (AvgIpc) is 2.87. The Bertz CT molecular complexity index is 560. The van der Waals surface area contributed by atoms with Crippen molar-refractivity contribution in [1.82, 2.24) is 5.32 Å². The maximum Gasteiger partial charge on any atom is 0.373 e. The summed E-state index contributed by atoms with van der Waals surface area (Å²) < 4.78 is 9.94. The third-order valence-corrected chi connectivity index (χ3v) is 2.76. The van der Waals surface area contributed by atoms with E-state index in [4.69, 9.17) is 4.42 Å². The number of hydrogen-bond acceptors (Lipinski definition) is 4. The van der Waals surface area contributed by atoms with Gasteiger partial charge in [0.2, 0.25) is 5.76 Å². The van der Waals surface area contributed by atoms with Gasteiger partial charge in [-0.2, -0.15) is 0 Å². The molecule has 1 N–H and O–H groups in total. The zero-order chi connectivity index (χ0) is 13.7. The number of hydrogen-bond donors (Lipinski definition) is 1. The number of benzene rings is 1. The largest absolute Gasteiger partial charge is 0.463 e. The van der Waals surface area contributed by atoms with E-state index in [0.717, 1.165) is 6.54 Å². The number of ether oxygens (including phenoxy) is 1. The maximum atomic E-state index is 11.2. The number of carbonyl (C=O) groups excluding carboxylic acids is 1. The van der Waals surface area contributed by atoms with E-state index in [1.807, 2.05) is 6.07 Å². The Morgan fingerprint density at radius 1 is 1.26 bits per heavy atom. The van der Waals surface area contributed by atoms with Gasteiger partial charge in [-0.05, 0) is 24.6 Å². The molecule has 0 saturated carbocycles. The van der Waals surface area contributed by atoms with Crippen molar-refractivity contribution < 1.29 is 13.9 Å². The predicted octanol–water partition coefficient (Wildman–Crippen LogP) is 2.66. The zero-order valence-corrected chi connectivity index (χ0v) is 11.1. The van der Waals surface area contributed by atoms with Crippen LogP contribution in [0.4, 0.5) is 0 Å². The van der Waals surface area contributed by atoms with Crippen LogP contribution in [0.3, 0.4) is 0 Å². The SMILES string of the molecule is COC(=O)c1ccc(CNCc2cccc(C)c2)o1. The molecule has 0 aliphatic rings. The Morgan fingerprint density at radius 3 is 2.84 bits per heavy atom. The number of aryl methyl sites for hydroxylation is 1. The van der Waals surface area contributed by atoms with Crippen LogP contribution in [0.1, 0.15) is 27.4 Å². The van der Waals surface area contributed by atoms with E-state index in [9.17, 15) is 4.79 Å². The molecule has 1 heterocycles. The Hall–Kier alpha value is -2.07. The highest BCUT2D eigenvalue weighted by Gasteiger charge is 2.10. The standard InChI is InChI=1S/C15H17NO3/c1-11-4-3-5-12(8-11)9-16-10-13-6-7-14(19-13)15(17)18-2/h3-8,16H,9-10H2,1-2H3. The highest BCUT2D eigenvalue weighted by molar-refractivity contribution is 5.86. The van der Waals surface area contributed by atoms with Gasteiger partial charge in [0.15, 0.2) is 0 Å². The average molecular weight is 259 g/mol. The summed E-state index contributed by atoms with van der Waals surface area (Å²) in [5, 5.41) is 3.27. The van der Waals surface area contributed by atoms with Gasteiger partial charge in [-0.15, -0.1) is 0 Å². The van der Waals surface area contributed by atoms with Gasteiger partial charge >= 0.3 is 5.97 Å². The van der Waals surface area contributed by atoms with Crippen LogP contribution in [0.15, 0.2) is 40.8 Å². The molecular weight excluding hydrogens is 242 g/mol. The van der Waals surface area contributed by atoms with Crippen LogP contribution in [-0.4, -0.2) is 13.1 Å². The summed E-state index contributed by atoms with van der Waals surface area (Å²) in [5.41, 5.74) is 2.46. The van der Waals surface area contributed by atoms with Crippen LogP contribution in [0.2, 0.25) is 0 Å². The van der Waals surface area contributed by atoms with Gasteiger partial charge in [-0.3, -0.25) is 0 Å². The Balaban J connectivity index is 1.86. The zero-order valence-electron chi connectivity index (χ0n) is 11.1. The highest BCUT2D eigenvalue weighted by atomic mass is 16.5. The summed E-state index contributed by atoms with van der Waals surface area (Å²) in [6.45, 7) is 3.40. The van der Waals surface area contributed by atoms with Crippen molar-refractivity contribution in [3.8, 4) is 0 Å². The summed E-state index contributed by atoms with van der Waals surface area (Å²) >= 11 is 0. The molecule has 0 aliphatic heterocycles. The van der Waals surface area contributed by atoms with Crippen molar-refractivity contribution in [3.63, 3.8) is 0 Å². The molecule has 2 rings (SSSR count). The molecule has 1 aromatic heterocycles. The summed E-state index contributed by atoms with van der Waals surface area (Å²) in [7, 11) is 1.33. The third kappa shape index (κ3) is 3.69. The van der Waals surface area contributed by atoms with Gasteiger partial charge in [0.05, 0.1) is 13.7 Å². The molecule has 0 unspecified atom stereocenters. The topological polar surface area (TPSA) is 51.5 Å². The first kappa shape index (κ1) is 13.4. The summed E-state index contributed by atoms with van der Waals surface area (Å²) in [6, 6.07) is 11.7. The Labute approximate surface area is 112 Å². The number of esters is 1. The first-order chi connectivity index (χ1) is 9.19. The van der Waals surface area contributed by atoms with Gasteiger partial charge in [0, 0.05) is 6.54 Å². The number of rotatable bonds is 5. The van der Waals surface area contributed by atoms with Gasteiger partial charge < -0.3 is 14.5 Å². The molecule has 4 heteroatoms. The lowest BCUT2D eigenvalue weighted by atomic mass is 10.1. The molecule has 0 radical (unpaired) electrons. The number of methoxy groups -OCH3 is 1. The monoisotopic (exact) mass is 259 g/mol. The second-order valence-electron chi connectivity index (χ2n) is 4.35. The molecule has 0 spiro atoms. The number of nitrogens with one attached hydrogen (secondary N) is 1. The van der Waals surface area contributed by atoms with E-state index in [2.05, 4.69) is 35.2 Å². The summed E-state index contributed by atoms with van der Waals surface area (Å²) in [5.74, 6) is 0.493. The molecule has 1 aromatic carbocycles. The molecule has 19 heavy (non-hydrogen) atoms. The second-order valence-corrected chi connectivity index (χ2v) is 4.35. The van der Waals surface area contributed by atoms with Crippen LogP contribution >= 0.6 is 0 Å². The molecule has 0 aliphatic carbocycles. The van der Waals surface area contributed by atoms with Crippen LogP contribution in [0.5, 0.6) is 0 Å². The first-order valence-electron chi connectivity index (χ1n) is 6.12. The lowest BCUT2D eigenvalue weighted by Gasteiger charge is -2.04. The Morgan fingerprint density at radius 2 is 2.11 bits per heavy atom. The molecule has 2 aromatic rings. The lowest BCUT2D eigenvalue weighted by Crippen LogP contribution is -2.12. The van der Waals surface area contributed by atoms with Crippen LogP contribution in [0.25, 0.3) is 0 Å². The van der Waals surface area contributed by atoms with Crippen LogP contribution in [0, 0.1) is 6.92 Å². The van der Waals surface area contributed by atoms with Gasteiger partial charge in [-0.1, -0.05) is 29.8 Å². The van der Waals surface area contributed by atoms with Crippen molar-refractivity contribution in [2.24, 2.45) is 0 Å². The summed E-state index contributed by atoms with van der Waals surface area (Å²) in [6.07, 6.45) is 0. The lowest BCUT2D eigenvalue weighted by molar-refractivity contribution is 0.0563. The van der Waals surface area contributed by atoms with E-state index < -0.39 is 5.97 Å². The third-order valence-electron chi connectivity index (χ3n) is 2.76. The van der Waals surface area contributed by atoms with Crippen molar-refractivity contribution in [2.45, 2.75) is 20.0 Å². The van der Waals surface area contributed by atoms with Crippen LogP contribution in [-0.2, 0) is 17.8 Å². The number of carbonyl (C=O) groups is 1. The first-order valence-corrected chi connectivity index (χ1v) is 6.12. The normalized spacial score (nSPS) is 10.4. The van der Waals surface area contributed by atoms with E-state index >= 15 is 0 Å². The van der Waals surface area contributed by atoms with Gasteiger partial charge in [0.1, 0.15) is 5.76 Å². The maximum absolute atomic E-state index is 11.2. The van der Waals surface area contributed by atoms with E-state index in [-0.39, 0.29) is 5.76 Å². The van der Waals surface area contributed by atoms with E-state index in [1.54, 1.807) is 12.1 Å². The molecule has 0 amide bonds. The van der Waals surface area contributed by atoms with E-state index in [1.165, 1.54) is 18.2 Å². The Kier molecular flexibility index (Phi) is 4.36. The number of furan rings is 1. The minimum Gasteiger partial charge on any atom is -0.463 e. The highest BCUT2D eigenvalue weighted by Crippen LogP contribution is 2.09. The quantitative estimate of drug-likeness (QED) is 0.839. The van der Waals surface area contributed by atoms with Crippen molar-refractivity contribution in [2.75, 3.05) is 7.11 Å². The molecule has 4 nitrogen and oxygen atoms in total. The fraction of sp³-hybridized carbons (Fsp3) is 0.267. The molecule has 0 fully saturated rings. The molecule has 0 saturated heterocycles. The minimum absolute atomic E-state index is 0.231. The molecular formula is C15H17NO3. The smallest absolute Gasteiger partial charge is 0.373 e. The van der Waals surface area contributed by atoms with Gasteiger partial charge in [0.25, 0.3) is 0 Å². The van der Waals surface area contributed by atoms with E-state index in [0.29, 0.717) is 12.3 Å². The molecule has 100 valence electrons. The molecule has 0 atom stereocenters. The van der Waals surface area contributed by atoms with Crippen molar-refractivity contribution in [1.29, 1.82) is 0 Å². The molecule has 0 bridgehead atoms. The van der Waals surface area contributed by atoms with Crippen molar-refractivity contribution in [3.05, 3.63) is 59.0 Å².